The second kappa shape index (κ2) is 5.35. The lowest BCUT2D eigenvalue weighted by molar-refractivity contribution is -0.120. The first-order valence-electron chi connectivity index (χ1n) is 6.44. The molecule has 1 aliphatic rings. The summed E-state index contributed by atoms with van der Waals surface area (Å²) in [6.07, 6.45) is 3.70. The SMILES string of the molecule is Cc1cccc(N(C)CC2CCC(=O)CC2)c1. The second-order valence-electron chi connectivity index (χ2n) is 5.20. The van der Waals surface area contributed by atoms with Gasteiger partial charge in [0, 0.05) is 32.1 Å². The van der Waals surface area contributed by atoms with Crippen molar-refractivity contribution in [3.8, 4) is 0 Å². The molecule has 1 aliphatic carbocycles. The average Bonchev–Trinajstić information content (AvgIpc) is 2.32. The third-order valence-corrected chi connectivity index (χ3v) is 3.64. The number of nitrogens with zero attached hydrogens (tertiary/aromatic N) is 1. The van der Waals surface area contributed by atoms with Crippen molar-refractivity contribution in [2.45, 2.75) is 32.6 Å². The van der Waals surface area contributed by atoms with Crippen molar-refractivity contribution in [1.29, 1.82) is 0 Å². The molecule has 0 spiro atoms. The molecule has 0 aromatic heterocycles. The highest BCUT2D eigenvalue weighted by molar-refractivity contribution is 5.79. The summed E-state index contributed by atoms with van der Waals surface area (Å²) in [6.45, 7) is 3.19. The Bertz CT molecular complexity index is 390. The molecule has 0 unspecified atom stereocenters. The Balaban J connectivity index is 1.92. The summed E-state index contributed by atoms with van der Waals surface area (Å²) < 4.78 is 0. The van der Waals surface area contributed by atoms with Gasteiger partial charge in [-0.2, -0.15) is 0 Å². The van der Waals surface area contributed by atoms with Crippen molar-refractivity contribution in [1.82, 2.24) is 0 Å². The molecule has 0 radical (unpaired) electrons. The van der Waals surface area contributed by atoms with Crippen LogP contribution in [0.3, 0.4) is 0 Å². The van der Waals surface area contributed by atoms with Crippen LogP contribution in [-0.4, -0.2) is 19.4 Å². The van der Waals surface area contributed by atoms with Crippen LogP contribution in [0.4, 0.5) is 5.69 Å². The predicted molar refractivity (Wildman–Crippen MR) is 71.4 cm³/mol. The molecule has 2 rings (SSSR count). The summed E-state index contributed by atoms with van der Waals surface area (Å²) in [6, 6.07) is 8.59. The minimum absolute atomic E-state index is 0.444. The van der Waals surface area contributed by atoms with Gasteiger partial charge < -0.3 is 4.90 Å². The maximum absolute atomic E-state index is 11.2. The van der Waals surface area contributed by atoms with Crippen molar-refractivity contribution in [2.24, 2.45) is 5.92 Å². The maximum Gasteiger partial charge on any atom is 0.132 e. The molecule has 2 heteroatoms. The molecule has 0 atom stereocenters. The number of ketones is 1. The molecular weight excluding hydrogens is 210 g/mol. The Hall–Kier alpha value is -1.31. The van der Waals surface area contributed by atoms with E-state index >= 15 is 0 Å². The number of rotatable bonds is 3. The van der Waals surface area contributed by atoms with Gasteiger partial charge in [0.2, 0.25) is 0 Å². The minimum Gasteiger partial charge on any atom is -0.374 e. The highest BCUT2D eigenvalue weighted by Crippen LogP contribution is 2.24. The quantitative estimate of drug-likeness (QED) is 0.796. The third-order valence-electron chi connectivity index (χ3n) is 3.64. The number of hydrogen-bond acceptors (Lipinski definition) is 2. The van der Waals surface area contributed by atoms with E-state index in [9.17, 15) is 4.79 Å². The Morgan fingerprint density at radius 2 is 2.00 bits per heavy atom. The number of hydrogen-bond donors (Lipinski definition) is 0. The summed E-state index contributed by atoms with van der Waals surface area (Å²) in [7, 11) is 2.14. The number of aryl methyl sites for hydroxylation is 1. The van der Waals surface area contributed by atoms with Crippen molar-refractivity contribution < 1.29 is 4.79 Å². The van der Waals surface area contributed by atoms with Crippen LogP contribution in [0.25, 0.3) is 0 Å². The predicted octanol–water partition coefficient (Wildman–Crippen LogP) is 3.19. The van der Waals surface area contributed by atoms with Crippen LogP contribution in [0.5, 0.6) is 0 Å². The lowest BCUT2D eigenvalue weighted by atomic mass is 9.88. The summed E-state index contributed by atoms with van der Waals surface area (Å²) in [5.41, 5.74) is 2.58. The monoisotopic (exact) mass is 231 g/mol. The molecule has 0 N–H and O–H groups in total. The van der Waals surface area contributed by atoms with Crippen LogP contribution >= 0.6 is 0 Å². The maximum atomic E-state index is 11.2. The summed E-state index contributed by atoms with van der Waals surface area (Å²) in [5.74, 6) is 1.12. The lowest BCUT2D eigenvalue weighted by Crippen LogP contribution is -2.28. The zero-order valence-corrected chi connectivity index (χ0v) is 10.8. The van der Waals surface area contributed by atoms with Crippen LogP contribution in [0.2, 0.25) is 0 Å². The summed E-state index contributed by atoms with van der Waals surface area (Å²) in [5, 5.41) is 0. The van der Waals surface area contributed by atoms with Crippen LogP contribution in [0.15, 0.2) is 24.3 Å². The summed E-state index contributed by atoms with van der Waals surface area (Å²) >= 11 is 0. The first kappa shape index (κ1) is 12.2. The Morgan fingerprint density at radius 1 is 1.29 bits per heavy atom. The van der Waals surface area contributed by atoms with Crippen LogP contribution in [0, 0.1) is 12.8 Å². The smallest absolute Gasteiger partial charge is 0.132 e. The molecule has 0 saturated heterocycles. The van der Waals surface area contributed by atoms with Crippen molar-refractivity contribution in [3.63, 3.8) is 0 Å². The van der Waals surface area contributed by atoms with E-state index in [4.69, 9.17) is 0 Å². The van der Waals surface area contributed by atoms with Gasteiger partial charge in [-0.15, -0.1) is 0 Å². The van der Waals surface area contributed by atoms with Gasteiger partial charge in [0.1, 0.15) is 5.78 Å². The third kappa shape index (κ3) is 3.32. The van der Waals surface area contributed by atoms with E-state index in [1.165, 1.54) is 11.3 Å². The van der Waals surface area contributed by atoms with Crippen molar-refractivity contribution >= 4 is 11.5 Å². The molecule has 2 nitrogen and oxygen atoms in total. The van der Waals surface area contributed by atoms with Gasteiger partial charge in [0.25, 0.3) is 0 Å². The van der Waals surface area contributed by atoms with Gasteiger partial charge in [-0.05, 0) is 43.4 Å². The normalized spacial score (nSPS) is 17.2. The molecular formula is C15H21NO. The minimum atomic E-state index is 0.444. The average molecular weight is 231 g/mol. The van der Waals surface area contributed by atoms with Crippen LogP contribution in [0.1, 0.15) is 31.2 Å². The molecule has 1 saturated carbocycles. The number of carbonyl (C=O) groups is 1. The first-order chi connectivity index (χ1) is 8.15. The van der Waals surface area contributed by atoms with E-state index in [1.807, 2.05) is 0 Å². The number of Topliss-reactive ketones (excluding diaryl/α,β-unsaturated/α-hetero) is 1. The zero-order chi connectivity index (χ0) is 12.3. The molecule has 0 heterocycles. The highest BCUT2D eigenvalue weighted by atomic mass is 16.1. The van der Waals surface area contributed by atoms with E-state index in [0.717, 1.165) is 32.2 Å². The fourth-order valence-electron chi connectivity index (χ4n) is 2.54. The van der Waals surface area contributed by atoms with Gasteiger partial charge >= 0.3 is 0 Å². The molecule has 1 fully saturated rings. The van der Waals surface area contributed by atoms with Gasteiger partial charge in [-0.25, -0.2) is 0 Å². The van der Waals surface area contributed by atoms with E-state index in [-0.39, 0.29) is 0 Å². The largest absolute Gasteiger partial charge is 0.374 e. The molecule has 1 aromatic carbocycles. The Labute approximate surface area is 104 Å². The fourth-order valence-corrected chi connectivity index (χ4v) is 2.54. The fraction of sp³-hybridized carbons (Fsp3) is 0.533. The molecule has 1 aromatic rings. The lowest BCUT2D eigenvalue weighted by Gasteiger charge is -2.28. The van der Waals surface area contributed by atoms with Crippen molar-refractivity contribution in [2.75, 3.05) is 18.5 Å². The molecule has 17 heavy (non-hydrogen) atoms. The van der Waals surface area contributed by atoms with E-state index in [0.29, 0.717) is 11.7 Å². The molecule has 0 amide bonds. The highest BCUT2D eigenvalue weighted by Gasteiger charge is 2.19. The Kier molecular flexibility index (Phi) is 3.82. The zero-order valence-electron chi connectivity index (χ0n) is 10.8. The van der Waals surface area contributed by atoms with E-state index < -0.39 is 0 Å². The van der Waals surface area contributed by atoms with Gasteiger partial charge in [-0.1, -0.05) is 12.1 Å². The van der Waals surface area contributed by atoms with Gasteiger partial charge in [0.05, 0.1) is 0 Å². The summed E-state index contributed by atoms with van der Waals surface area (Å²) in [4.78, 5) is 13.5. The van der Waals surface area contributed by atoms with E-state index in [1.54, 1.807) is 0 Å². The number of benzene rings is 1. The molecule has 0 bridgehead atoms. The van der Waals surface area contributed by atoms with Crippen LogP contribution in [-0.2, 0) is 4.79 Å². The topological polar surface area (TPSA) is 20.3 Å². The van der Waals surface area contributed by atoms with Crippen LogP contribution < -0.4 is 4.90 Å². The number of carbonyl (C=O) groups excluding carboxylic acids is 1. The second-order valence-corrected chi connectivity index (χ2v) is 5.20. The van der Waals surface area contributed by atoms with Gasteiger partial charge in [0.15, 0.2) is 0 Å². The number of anilines is 1. The Morgan fingerprint density at radius 3 is 2.65 bits per heavy atom. The molecule has 0 aliphatic heterocycles. The van der Waals surface area contributed by atoms with Gasteiger partial charge in [-0.3, -0.25) is 4.79 Å². The van der Waals surface area contributed by atoms with E-state index in [2.05, 4.69) is 43.1 Å². The van der Waals surface area contributed by atoms with Crippen molar-refractivity contribution in [3.05, 3.63) is 29.8 Å². The standard InChI is InChI=1S/C15H21NO/c1-12-4-3-5-14(10-12)16(2)11-13-6-8-15(17)9-7-13/h3-5,10,13H,6-9,11H2,1-2H3. The molecule has 92 valence electrons. The first-order valence-corrected chi connectivity index (χ1v) is 6.44.